The van der Waals surface area contributed by atoms with Crippen molar-refractivity contribution in [1.29, 1.82) is 0 Å². The first-order valence-electron chi connectivity index (χ1n) is 7.14. The highest BCUT2D eigenvalue weighted by Crippen LogP contribution is 2.29. The molecule has 2 unspecified atom stereocenters. The van der Waals surface area contributed by atoms with Crippen molar-refractivity contribution in [2.24, 2.45) is 17.2 Å². The van der Waals surface area contributed by atoms with Crippen molar-refractivity contribution in [2.45, 2.75) is 59.1 Å². The predicted octanol–water partition coefficient (Wildman–Crippen LogP) is 2.09. The molecule has 1 heterocycles. The van der Waals surface area contributed by atoms with Crippen molar-refractivity contribution < 1.29 is 9.47 Å². The lowest BCUT2D eigenvalue weighted by atomic mass is 9.80. The van der Waals surface area contributed by atoms with Crippen molar-refractivity contribution >= 4 is 0 Å². The maximum absolute atomic E-state index is 5.93. The molecule has 1 fully saturated rings. The Labute approximate surface area is 112 Å². The summed E-state index contributed by atoms with van der Waals surface area (Å²) in [7, 11) is 0. The number of rotatable bonds is 6. The molecule has 1 aliphatic heterocycles. The van der Waals surface area contributed by atoms with E-state index in [0.29, 0.717) is 5.92 Å². The van der Waals surface area contributed by atoms with Crippen LogP contribution in [-0.2, 0) is 9.47 Å². The molecule has 1 saturated heterocycles. The Morgan fingerprint density at radius 2 is 1.94 bits per heavy atom. The average Bonchev–Trinajstić information content (AvgIpc) is 2.33. The summed E-state index contributed by atoms with van der Waals surface area (Å²) in [5.74, 6) is 6.46. The molecule has 2 atom stereocenters. The van der Waals surface area contributed by atoms with Crippen LogP contribution < -0.4 is 11.3 Å². The Morgan fingerprint density at radius 1 is 1.33 bits per heavy atom. The smallest absolute Gasteiger partial charge is 0.0789 e. The molecular formula is C14H30N2O2. The summed E-state index contributed by atoms with van der Waals surface area (Å²) in [6.45, 7) is 11.2. The first-order valence-corrected chi connectivity index (χ1v) is 7.14. The third kappa shape index (κ3) is 4.84. The maximum Gasteiger partial charge on any atom is 0.0789 e. The summed E-state index contributed by atoms with van der Waals surface area (Å²) in [4.78, 5) is 0. The highest BCUT2D eigenvalue weighted by molar-refractivity contribution is 4.87. The molecule has 108 valence electrons. The third-order valence-electron chi connectivity index (χ3n) is 3.71. The van der Waals surface area contributed by atoms with Gasteiger partial charge in [-0.1, -0.05) is 20.8 Å². The fraction of sp³-hybridized carbons (Fsp3) is 1.00. The van der Waals surface area contributed by atoms with Gasteiger partial charge in [0.15, 0.2) is 0 Å². The van der Waals surface area contributed by atoms with Gasteiger partial charge in [0.25, 0.3) is 0 Å². The highest BCUT2D eigenvalue weighted by atomic mass is 16.5. The lowest BCUT2D eigenvalue weighted by molar-refractivity contribution is -0.0449. The standard InChI is InChI=1S/C14H30N2O2/c1-5-18-13(14(2,3)4)12(16-15)10-11-6-8-17-9-7-11/h11-13,16H,5-10,15H2,1-4H3. The summed E-state index contributed by atoms with van der Waals surface area (Å²) in [5.41, 5.74) is 3.07. The van der Waals surface area contributed by atoms with Crippen LogP contribution in [0.25, 0.3) is 0 Å². The molecule has 0 spiro atoms. The molecule has 0 amide bonds. The van der Waals surface area contributed by atoms with Crippen LogP contribution in [0.4, 0.5) is 0 Å². The molecule has 0 aliphatic carbocycles. The molecule has 0 bridgehead atoms. The number of hydrogen-bond donors (Lipinski definition) is 2. The van der Waals surface area contributed by atoms with Crippen molar-refractivity contribution in [3.8, 4) is 0 Å². The van der Waals surface area contributed by atoms with Crippen LogP contribution in [-0.4, -0.2) is 32.0 Å². The van der Waals surface area contributed by atoms with Gasteiger partial charge in [-0.15, -0.1) is 0 Å². The molecule has 4 heteroatoms. The van der Waals surface area contributed by atoms with Gasteiger partial charge in [0, 0.05) is 25.9 Å². The van der Waals surface area contributed by atoms with Gasteiger partial charge < -0.3 is 9.47 Å². The monoisotopic (exact) mass is 258 g/mol. The summed E-state index contributed by atoms with van der Waals surface area (Å²) < 4.78 is 11.3. The number of nitrogens with one attached hydrogen (secondary N) is 1. The van der Waals surface area contributed by atoms with Crippen LogP contribution >= 0.6 is 0 Å². The fourth-order valence-electron chi connectivity index (χ4n) is 2.77. The minimum absolute atomic E-state index is 0.0954. The molecule has 0 saturated carbocycles. The van der Waals surface area contributed by atoms with Crippen molar-refractivity contribution in [2.75, 3.05) is 19.8 Å². The quantitative estimate of drug-likeness (QED) is 0.566. The van der Waals surface area contributed by atoms with Crippen LogP contribution in [0.2, 0.25) is 0 Å². The van der Waals surface area contributed by atoms with Crippen LogP contribution in [0.3, 0.4) is 0 Å². The van der Waals surface area contributed by atoms with Gasteiger partial charge in [-0.25, -0.2) is 0 Å². The molecule has 0 aromatic heterocycles. The summed E-state index contributed by atoms with van der Waals surface area (Å²) in [6, 6.07) is 0.216. The van der Waals surface area contributed by atoms with Crippen LogP contribution in [0.1, 0.15) is 47.0 Å². The molecule has 0 aromatic rings. The summed E-state index contributed by atoms with van der Waals surface area (Å²) in [6.07, 6.45) is 3.50. The van der Waals surface area contributed by atoms with Crippen LogP contribution in [0.5, 0.6) is 0 Å². The van der Waals surface area contributed by atoms with Gasteiger partial charge in [-0.05, 0) is 37.5 Å². The normalized spacial score (nSPS) is 21.8. The van der Waals surface area contributed by atoms with Gasteiger partial charge in [0.1, 0.15) is 0 Å². The van der Waals surface area contributed by atoms with E-state index in [-0.39, 0.29) is 17.6 Å². The molecule has 18 heavy (non-hydrogen) atoms. The van der Waals surface area contributed by atoms with E-state index >= 15 is 0 Å². The summed E-state index contributed by atoms with van der Waals surface area (Å²) >= 11 is 0. The Bertz CT molecular complexity index is 222. The zero-order valence-corrected chi connectivity index (χ0v) is 12.4. The fourth-order valence-corrected chi connectivity index (χ4v) is 2.77. The second-order valence-electron chi connectivity index (χ2n) is 6.31. The molecule has 4 nitrogen and oxygen atoms in total. The molecular weight excluding hydrogens is 228 g/mol. The average molecular weight is 258 g/mol. The highest BCUT2D eigenvalue weighted by Gasteiger charge is 2.34. The second-order valence-corrected chi connectivity index (χ2v) is 6.31. The first kappa shape index (κ1) is 15.9. The van der Waals surface area contributed by atoms with Gasteiger partial charge in [-0.3, -0.25) is 11.3 Å². The van der Waals surface area contributed by atoms with E-state index in [9.17, 15) is 0 Å². The number of ether oxygens (including phenoxy) is 2. The SMILES string of the molecule is CCOC(C(CC1CCOCC1)NN)C(C)(C)C. The zero-order chi connectivity index (χ0) is 13.6. The first-order chi connectivity index (χ1) is 8.49. The summed E-state index contributed by atoms with van der Waals surface area (Å²) in [5, 5.41) is 0. The lowest BCUT2D eigenvalue weighted by Gasteiger charge is -2.38. The number of nitrogens with two attached hydrogens (primary N) is 1. The van der Waals surface area contributed by atoms with Crippen LogP contribution in [0.15, 0.2) is 0 Å². The lowest BCUT2D eigenvalue weighted by Crippen LogP contribution is -2.51. The van der Waals surface area contributed by atoms with E-state index in [4.69, 9.17) is 15.3 Å². The van der Waals surface area contributed by atoms with E-state index < -0.39 is 0 Å². The van der Waals surface area contributed by atoms with Gasteiger partial charge in [-0.2, -0.15) is 0 Å². The van der Waals surface area contributed by atoms with Gasteiger partial charge in [0.05, 0.1) is 6.10 Å². The van der Waals surface area contributed by atoms with E-state index in [1.165, 1.54) is 0 Å². The molecule has 1 aliphatic rings. The number of hydrogen-bond acceptors (Lipinski definition) is 4. The minimum Gasteiger partial charge on any atom is -0.381 e. The maximum atomic E-state index is 5.93. The number of hydrazine groups is 1. The van der Waals surface area contributed by atoms with Crippen molar-refractivity contribution in [3.05, 3.63) is 0 Å². The van der Waals surface area contributed by atoms with Gasteiger partial charge in [0.2, 0.25) is 0 Å². The van der Waals surface area contributed by atoms with E-state index in [1.54, 1.807) is 0 Å². The van der Waals surface area contributed by atoms with E-state index in [1.807, 2.05) is 6.92 Å². The van der Waals surface area contributed by atoms with Gasteiger partial charge >= 0.3 is 0 Å². The second kappa shape index (κ2) is 7.43. The van der Waals surface area contributed by atoms with E-state index in [2.05, 4.69) is 26.2 Å². The largest absolute Gasteiger partial charge is 0.381 e. The van der Waals surface area contributed by atoms with Crippen molar-refractivity contribution in [3.63, 3.8) is 0 Å². The Morgan fingerprint density at radius 3 is 2.39 bits per heavy atom. The molecule has 3 N–H and O–H groups in total. The minimum atomic E-state index is 0.0954. The molecule has 1 rings (SSSR count). The Balaban J connectivity index is 2.60. The topological polar surface area (TPSA) is 56.5 Å². The zero-order valence-electron chi connectivity index (χ0n) is 12.4. The molecule has 0 radical (unpaired) electrons. The van der Waals surface area contributed by atoms with E-state index in [0.717, 1.165) is 39.1 Å². The molecule has 0 aromatic carbocycles. The Kier molecular flexibility index (Phi) is 6.57. The predicted molar refractivity (Wildman–Crippen MR) is 74.1 cm³/mol. The van der Waals surface area contributed by atoms with Crippen molar-refractivity contribution in [1.82, 2.24) is 5.43 Å². The van der Waals surface area contributed by atoms with Crippen LogP contribution in [0, 0.1) is 11.3 Å². The Hall–Kier alpha value is -0.160. The third-order valence-corrected chi connectivity index (χ3v) is 3.71.